The van der Waals surface area contributed by atoms with Crippen molar-refractivity contribution in [3.8, 4) is 0 Å². The van der Waals surface area contributed by atoms with E-state index in [-0.39, 0.29) is 43.3 Å². The third-order valence-electron chi connectivity index (χ3n) is 8.56. The first-order valence-corrected chi connectivity index (χ1v) is 18.4. The summed E-state index contributed by atoms with van der Waals surface area (Å²) in [7, 11) is -4.32. The first kappa shape index (κ1) is 39.6. The van der Waals surface area contributed by atoms with Crippen LogP contribution in [0.3, 0.4) is 0 Å². The molecule has 1 saturated heterocycles. The van der Waals surface area contributed by atoms with Gasteiger partial charge in [0.25, 0.3) is 16.0 Å². The Balaban J connectivity index is 1.95. The number of rotatable bonds is 15. The first-order valence-electron chi connectivity index (χ1n) is 16.9. The maximum atomic E-state index is 14.4. The van der Waals surface area contributed by atoms with Crippen molar-refractivity contribution in [3.63, 3.8) is 0 Å². The fourth-order valence-corrected chi connectivity index (χ4v) is 7.25. The lowest BCUT2D eigenvalue weighted by Gasteiger charge is -2.35. The molecular formula is C34H52N6O8S. The van der Waals surface area contributed by atoms with Crippen LogP contribution >= 0.6 is 0 Å². The van der Waals surface area contributed by atoms with Crippen LogP contribution in [0.25, 0.3) is 0 Å². The van der Waals surface area contributed by atoms with E-state index in [1.165, 1.54) is 23.1 Å². The van der Waals surface area contributed by atoms with Crippen molar-refractivity contribution in [2.24, 2.45) is 11.7 Å². The number of amides is 5. The topological polar surface area (TPSA) is 206 Å². The van der Waals surface area contributed by atoms with E-state index in [0.717, 1.165) is 24.8 Å². The monoisotopic (exact) mass is 704 g/mol. The Bertz CT molecular complexity index is 1450. The minimum atomic E-state index is -4.32. The summed E-state index contributed by atoms with van der Waals surface area (Å²) in [5, 5.41) is 10.7. The van der Waals surface area contributed by atoms with Crippen LogP contribution in [0.1, 0.15) is 84.6 Å². The Kier molecular flexibility index (Phi) is 14.3. The van der Waals surface area contributed by atoms with Gasteiger partial charge in [-0.3, -0.25) is 23.4 Å². The molecule has 0 spiro atoms. The zero-order valence-corrected chi connectivity index (χ0v) is 29.8. The van der Waals surface area contributed by atoms with Gasteiger partial charge in [-0.25, -0.2) is 4.79 Å². The maximum absolute atomic E-state index is 14.4. The van der Waals surface area contributed by atoms with Crippen LogP contribution in [-0.2, 0) is 40.0 Å². The number of urea groups is 1. The second-order valence-corrected chi connectivity index (χ2v) is 15.3. The molecule has 0 radical (unpaired) electrons. The summed E-state index contributed by atoms with van der Waals surface area (Å²) >= 11 is 0. The number of nitrogens with zero attached hydrogens (tertiary/aromatic N) is 1. The zero-order valence-electron chi connectivity index (χ0n) is 29.0. The van der Waals surface area contributed by atoms with E-state index in [0.29, 0.717) is 19.3 Å². The molecule has 5 amide bonds. The van der Waals surface area contributed by atoms with E-state index >= 15 is 0 Å². The van der Waals surface area contributed by atoms with Gasteiger partial charge < -0.3 is 31.9 Å². The van der Waals surface area contributed by atoms with Gasteiger partial charge in [-0.15, -0.1) is 6.58 Å². The summed E-state index contributed by atoms with van der Waals surface area (Å²) in [6, 6.07) is 1.88. The molecule has 0 aromatic heterocycles. The molecule has 1 aromatic rings. The normalized spacial score (nSPS) is 19.7. The molecule has 3 rings (SSSR count). The van der Waals surface area contributed by atoms with Gasteiger partial charge in [0, 0.05) is 31.6 Å². The lowest BCUT2D eigenvalue weighted by molar-refractivity contribution is -0.143. The molecule has 6 N–H and O–H groups in total. The van der Waals surface area contributed by atoms with Crippen molar-refractivity contribution in [2.45, 2.75) is 120 Å². The van der Waals surface area contributed by atoms with E-state index in [9.17, 15) is 32.4 Å². The number of hydrogen-bond donors (Lipinski definition) is 5. The van der Waals surface area contributed by atoms with Crippen molar-refractivity contribution in [3.05, 3.63) is 42.5 Å². The van der Waals surface area contributed by atoms with E-state index in [1.807, 2.05) is 20.8 Å². The molecule has 1 heterocycles. The van der Waals surface area contributed by atoms with Crippen LogP contribution in [0.4, 0.5) is 4.79 Å². The number of likely N-dealkylation sites (tertiary alicyclic amines) is 1. The van der Waals surface area contributed by atoms with Crippen molar-refractivity contribution < 1.29 is 36.6 Å². The van der Waals surface area contributed by atoms with Gasteiger partial charge in [0.05, 0.1) is 17.0 Å². The van der Waals surface area contributed by atoms with Crippen LogP contribution < -0.4 is 27.0 Å². The molecule has 15 heteroatoms. The molecule has 2 fully saturated rings. The molecule has 0 bridgehead atoms. The predicted molar refractivity (Wildman–Crippen MR) is 183 cm³/mol. The smallest absolute Gasteiger partial charge is 0.315 e. The third-order valence-corrected chi connectivity index (χ3v) is 9.94. The minimum Gasteiger partial charge on any atom is -0.346 e. The van der Waals surface area contributed by atoms with E-state index in [1.54, 1.807) is 19.1 Å². The highest BCUT2D eigenvalue weighted by Gasteiger charge is 2.46. The number of nitrogens with one attached hydrogen (secondary N) is 4. The van der Waals surface area contributed by atoms with E-state index in [2.05, 4.69) is 27.8 Å². The molecule has 1 aliphatic carbocycles. The minimum absolute atomic E-state index is 0.0586. The number of hydrogen-bond acceptors (Lipinski definition) is 9. The Morgan fingerprint density at radius 2 is 1.71 bits per heavy atom. The summed E-state index contributed by atoms with van der Waals surface area (Å²) in [6.45, 7) is 10.7. The second kappa shape index (κ2) is 17.7. The fourth-order valence-electron chi connectivity index (χ4n) is 6.17. The molecule has 1 aliphatic heterocycles. The zero-order chi connectivity index (χ0) is 36.4. The molecular weight excluding hydrogens is 652 g/mol. The van der Waals surface area contributed by atoms with Gasteiger partial charge >= 0.3 is 6.03 Å². The number of Topliss-reactive ketones (excluding diaryl/α,β-unsaturated/α-hetero) is 1. The van der Waals surface area contributed by atoms with E-state index < -0.39 is 69.4 Å². The average Bonchev–Trinajstić information content (AvgIpc) is 3.48. The molecule has 2 aliphatic rings. The molecule has 2 unspecified atom stereocenters. The quantitative estimate of drug-likeness (QED) is 0.103. The highest BCUT2D eigenvalue weighted by Crippen LogP contribution is 2.31. The summed E-state index contributed by atoms with van der Waals surface area (Å²) < 4.78 is 32.2. The summed E-state index contributed by atoms with van der Waals surface area (Å²) in [6.07, 6.45) is 4.78. The van der Waals surface area contributed by atoms with Crippen molar-refractivity contribution >= 4 is 39.7 Å². The highest BCUT2D eigenvalue weighted by molar-refractivity contribution is 7.86. The van der Waals surface area contributed by atoms with Gasteiger partial charge in [-0.2, -0.15) is 8.42 Å². The second-order valence-electron chi connectivity index (χ2n) is 13.7. The lowest BCUT2D eigenvalue weighted by atomic mass is 9.83. The Morgan fingerprint density at radius 1 is 1.06 bits per heavy atom. The molecule has 1 saturated carbocycles. The number of carbonyl (C=O) groups is 5. The predicted octanol–water partition coefficient (Wildman–Crippen LogP) is 2.02. The molecule has 49 heavy (non-hydrogen) atoms. The Hall–Kier alpha value is -3.82. The third kappa shape index (κ3) is 11.4. The van der Waals surface area contributed by atoms with Crippen LogP contribution in [0.5, 0.6) is 0 Å². The molecule has 4 atom stereocenters. The van der Waals surface area contributed by atoms with E-state index in [4.69, 9.17) is 9.92 Å². The van der Waals surface area contributed by atoms with Gasteiger partial charge in [0.1, 0.15) is 12.1 Å². The Labute approximate surface area is 289 Å². The summed E-state index contributed by atoms with van der Waals surface area (Å²) in [4.78, 5) is 68.0. The standard InChI is InChI=1S/C34H52N6O8S/c1-6-11-26(29(41)31(43)36-18-7-2)37-30(42)27-19-24(48-49(46,47)25-16-14-22(20-35)15-17-25)21-40(27)32(44)28(23-12-9-8-10-13-23)38-33(45)39-34(3,4)5/h7,14-17,23-24,26-28H,2,6,8-13,18-21,35H2,1,3-5H3,(H,36,43)(H,37,42)(H2,38,39,45)/t24?,26?,27-,28-/m0/s1. The lowest BCUT2D eigenvalue weighted by Crippen LogP contribution is -2.60. The van der Waals surface area contributed by atoms with Gasteiger partial charge in [0.2, 0.25) is 17.6 Å². The fraction of sp³-hybridized carbons (Fsp3) is 0.618. The number of ketones is 1. The van der Waals surface area contributed by atoms with Crippen LogP contribution in [-0.4, -0.2) is 85.7 Å². The largest absolute Gasteiger partial charge is 0.346 e. The molecule has 1 aromatic carbocycles. The van der Waals surface area contributed by atoms with Gasteiger partial charge in [0.15, 0.2) is 0 Å². The maximum Gasteiger partial charge on any atom is 0.315 e. The number of carbonyl (C=O) groups excluding carboxylic acids is 5. The summed E-state index contributed by atoms with van der Waals surface area (Å²) in [5.74, 6) is -3.27. The van der Waals surface area contributed by atoms with Gasteiger partial charge in [-0.1, -0.05) is 50.8 Å². The highest BCUT2D eigenvalue weighted by atomic mass is 32.2. The SMILES string of the molecule is C=CCNC(=O)C(=O)C(CCC)NC(=O)[C@@H]1CC(OS(=O)(=O)c2ccc(CN)cc2)CN1C(=O)[C@@H](NC(=O)NC(C)(C)C)C1CCCCC1. The Morgan fingerprint density at radius 3 is 2.29 bits per heavy atom. The average molecular weight is 705 g/mol. The first-order chi connectivity index (χ1) is 23.1. The van der Waals surface area contributed by atoms with Gasteiger partial charge in [-0.05, 0) is 63.6 Å². The van der Waals surface area contributed by atoms with Crippen LogP contribution in [0.2, 0.25) is 0 Å². The number of benzene rings is 1. The number of nitrogens with two attached hydrogens (primary N) is 1. The summed E-state index contributed by atoms with van der Waals surface area (Å²) in [5.41, 5.74) is 5.78. The van der Waals surface area contributed by atoms with Crippen LogP contribution in [0, 0.1) is 5.92 Å². The van der Waals surface area contributed by atoms with Crippen molar-refractivity contribution in [1.82, 2.24) is 26.2 Å². The van der Waals surface area contributed by atoms with Crippen molar-refractivity contribution in [2.75, 3.05) is 13.1 Å². The van der Waals surface area contributed by atoms with Crippen LogP contribution in [0.15, 0.2) is 41.8 Å². The molecule has 272 valence electrons. The van der Waals surface area contributed by atoms with Crippen molar-refractivity contribution in [1.29, 1.82) is 0 Å². The molecule has 14 nitrogen and oxygen atoms in total.